The Morgan fingerprint density at radius 2 is 1.06 bits per heavy atom. The number of thiophene rings is 1. The second-order valence-corrected chi connectivity index (χ2v) is 13.8. The van der Waals surface area contributed by atoms with E-state index in [1.54, 1.807) is 11.3 Å². The Morgan fingerprint density at radius 1 is 0.489 bits per heavy atom. The lowest BCUT2D eigenvalue weighted by molar-refractivity contribution is 0.660. The van der Waals surface area contributed by atoms with Crippen LogP contribution in [0.25, 0.3) is 87.4 Å². The highest BCUT2D eigenvalue weighted by Crippen LogP contribution is 2.52. The Labute approximate surface area is 275 Å². The smallest absolute Gasteiger partial charge is 0.167 e. The van der Waals surface area contributed by atoms with Crippen LogP contribution in [0.2, 0.25) is 0 Å². The van der Waals surface area contributed by atoms with Gasteiger partial charge in [0.05, 0.1) is 5.56 Å². The molecule has 0 saturated carbocycles. The minimum absolute atomic E-state index is 0.137. The lowest BCUT2D eigenvalue weighted by Gasteiger charge is -2.21. The van der Waals surface area contributed by atoms with Crippen molar-refractivity contribution in [1.82, 2.24) is 15.0 Å². The molecular weight excluding hydrogens is 595 g/mol. The first-order valence-corrected chi connectivity index (χ1v) is 16.7. The molecule has 0 radical (unpaired) electrons. The molecule has 0 saturated heterocycles. The van der Waals surface area contributed by atoms with Crippen molar-refractivity contribution >= 4 is 53.4 Å². The van der Waals surface area contributed by atoms with Crippen LogP contribution in [0, 0.1) is 0 Å². The number of nitrogens with zero attached hydrogens (tertiary/aromatic N) is 3. The lowest BCUT2D eigenvalue weighted by Crippen LogP contribution is -2.14. The fraction of sp³-hybridized carbons (Fsp3) is 0.0714. The topological polar surface area (TPSA) is 51.8 Å². The van der Waals surface area contributed by atoms with Crippen LogP contribution in [0.15, 0.2) is 132 Å². The molecule has 1 aliphatic carbocycles. The van der Waals surface area contributed by atoms with Crippen molar-refractivity contribution in [2.45, 2.75) is 19.3 Å². The number of aromatic nitrogens is 3. The van der Waals surface area contributed by atoms with Gasteiger partial charge in [-0.2, -0.15) is 0 Å². The SMILES string of the molecule is CC1(C)c2ccccc2-c2c(-c3nc(-c4cccc5c4oc4ccccc45)nc(-c4cccc5sc6ccccc6c45)n3)cccc21. The molecule has 3 aromatic heterocycles. The van der Waals surface area contributed by atoms with Gasteiger partial charge >= 0.3 is 0 Å². The number of fused-ring (bicyclic) bond motifs is 9. The van der Waals surface area contributed by atoms with Gasteiger partial charge in [0.15, 0.2) is 17.5 Å². The van der Waals surface area contributed by atoms with Crippen LogP contribution in [0.1, 0.15) is 25.0 Å². The van der Waals surface area contributed by atoms with E-state index in [9.17, 15) is 0 Å². The van der Waals surface area contributed by atoms with Gasteiger partial charge in [-0.25, -0.2) is 15.0 Å². The monoisotopic (exact) mass is 621 g/mol. The number of hydrogen-bond acceptors (Lipinski definition) is 5. The van der Waals surface area contributed by atoms with Gasteiger partial charge in [-0.15, -0.1) is 11.3 Å². The Balaban J connectivity index is 1.30. The van der Waals surface area contributed by atoms with Crippen LogP contribution < -0.4 is 0 Å². The van der Waals surface area contributed by atoms with E-state index >= 15 is 0 Å². The van der Waals surface area contributed by atoms with Crippen molar-refractivity contribution < 1.29 is 4.42 Å². The highest BCUT2D eigenvalue weighted by atomic mass is 32.1. The second kappa shape index (κ2) is 9.68. The molecular formula is C42H27N3OS. The van der Waals surface area contributed by atoms with Gasteiger partial charge in [0.2, 0.25) is 0 Å². The molecule has 0 amide bonds. The fourth-order valence-corrected chi connectivity index (χ4v) is 8.69. The summed E-state index contributed by atoms with van der Waals surface area (Å²) in [6, 6.07) is 44.7. The summed E-state index contributed by atoms with van der Waals surface area (Å²) in [5, 5.41) is 4.50. The Morgan fingerprint density at radius 3 is 1.96 bits per heavy atom. The molecule has 0 spiro atoms. The molecule has 10 rings (SSSR count). The van der Waals surface area contributed by atoms with Crippen molar-refractivity contribution in [3.8, 4) is 45.3 Å². The highest BCUT2D eigenvalue weighted by molar-refractivity contribution is 7.25. The van der Waals surface area contributed by atoms with Crippen LogP contribution in [-0.2, 0) is 5.41 Å². The average molecular weight is 622 g/mol. The normalized spacial score (nSPS) is 13.5. The third-order valence-corrected chi connectivity index (χ3v) is 10.9. The molecule has 0 N–H and O–H groups in total. The second-order valence-electron chi connectivity index (χ2n) is 12.8. The molecule has 47 heavy (non-hydrogen) atoms. The third-order valence-electron chi connectivity index (χ3n) is 9.77. The van der Waals surface area contributed by atoms with Crippen LogP contribution in [-0.4, -0.2) is 15.0 Å². The predicted molar refractivity (Wildman–Crippen MR) is 194 cm³/mol. The zero-order valence-electron chi connectivity index (χ0n) is 25.8. The Hall–Kier alpha value is -5.65. The Kier molecular flexibility index (Phi) is 5.47. The van der Waals surface area contributed by atoms with E-state index in [0.29, 0.717) is 17.5 Å². The molecule has 4 nitrogen and oxygen atoms in total. The minimum Gasteiger partial charge on any atom is -0.455 e. The maximum atomic E-state index is 6.49. The van der Waals surface area contributed by atoms with Crippen molar-refractivity contribution in [3.05, 3.63) is 139 Å². The quantitative estimate of drug-likeness (QED) is 0.197. The van der Waals surface area contributed by atoms with Gasteiger partial charge in [-0.05, 0) is 46.5 Å². The van der Waals surface area contributed by atoms with E-state index in [2.05, 4.69) is 123 Å². The van der Waals surface area contributed by atoms with Gasteiger partial charge in [0.25, 0.3) is 0 Å². The first kappa shape index (κ1) is 26.6. The summed E-state index contributed by atoms with van der Waals surface area (Å²) < 4.78 is 8.95. The summed E-state index contributed by atoms with van der Waals surface area (Å²) in [4.78, 5) is 15.8. The van der Waals surface area contributed by atoms with E-state index in [4.69, 9.17) is 19.4 Å². The lowest BCUT2D eigenvalue weighted by atomic mass is 9.82. The molecule has 9 aromatic rings. The maximum Gasteiger partial charge on any atom is 0.167 e. The van der Waals surface area contributed by atoms with Crippen molar-refractivity contribution in [2.24, 2.45) is 0 Å². The van der Waals surface area contributed by atoms with Crippen LogP contribution in [0.4, 0.5) is 0 Å². The van der Waals surface area contributed by atoms with Crippen LogP contribution in [0.3, 0.4) is 0 Å². The predicted octanol–water partition coefficient (Wildman–Crippen LogP) is 11.4. The van der Waals surface area contributed by atoms with Crippen molar-refractivity contribution in [2.75, 3.05) is 0 Å². The summed E-state index contributed by atoms with van der Waals surface area (Å²) in [5.74, 6) is 1.89. The minimum atomic E-state index is -0.137. The molecule has 1 aliphatic rings. The van der Waals surface area contributed by atoms with Gasteiger partial charge in [-0.3, -0.25) is 0 Å². The maximum absolute atomic E-state index is 6.49. The molecule has 222 valence electrons. The molecule has 0 fully saturated rings. The summed E-state index contributed by atoms with van der Waals surface area (Å²) in [6.45, 7) is 4.60. The van der Waals surface area contributed by atoms with Gasteiger partial charge < -0.3 is 4.42 Å². The summed E-state index contributed by atoms with van der Waals surface area (Å²) in [7, 11) is 0. The zero-order valence-corrected chi connectivity index (χ0v) is 26.6. The number of hydrogen-bond donors (Lipinski definition) is 0. The standard InChI is InChI=1S/C42H27N3OS/c1-42(2)31-19-6-3-13-26(31)36-28(16-10-20-32(36)42)39-43-40(29-17-11-23-35-37(29)27-14-5-8-22-34(27)47-35)45-41(44-39)30-18-9-15-25-24-12-4-7-21-33(24)46-38(25)30/h3-23H,1-2H3. The van der Waals surface area contributed by atoms with E-state index in [1.165, 1.54) is 42.4 Å². The number of rotatable bonds is 3. The van der Waals surface area contributed by atoms with Crippen molar-refractivity contribution in [3.63, 3.8) is 0 Å². The van der Waals surface area contributed by atoms with Crippen LogP contribution in [0.5, 0.6) is 0 Å². The molecule has 0 bridgehead atoms. The Bertz CT molecular complexity index is 2730. The van der Waals surface area contributed by atoms with Gasteiger partial charge in [0.1, 0.15) is 11.2 Å². The van der Waals surface area contributed by atoms with E-state index < -0.39 is 0 Å². The zero-order chi connectivity index (χ0) is 31.3. The van der Waals surface area contributed by atoms with E-state index in [0.717, 1.165) is 38.6 Å². The molecule has 6 aromatic carbocycles. The number of benzene rings is 6. The average Bonchev–Trinajstić information content (AvgIpc) is 3.76. The number of para-hydroxylation sites is 2. The number of furan rings is 1. The van der Waals surface area contributed by atoms with Gasteiger partial charge in [-0.1, -0.05) is 117 Å². The first-order chi connectivity index (χ1) is 23.1. The summed E-state index contributed by atoms with van der Waals surface area (Å²) in [5.41, 5.74) is 9.36. The van der Waals surface area contributed by atoms with E-state index in [-0.39, 0.29) is 5.41 Å². The van der Waals surface area contributed by atoms with Crippen LogP contribution >= 0.6 is 11.3 Å². The molecule has 5 heteroatoms. The van der Waals surface area contributed by atoms with Crippen molar-refractivity contribution in [1.29, 1.82) is 0 Å². The summed E-state index contributed by atoms with van der Waals surface area (Å²) >= 11 is 1.80. The molecule has 0 unspecified atom stereocenters. The summed E-state index contributed by atoms with van der Waals surface area (Å²) in [6.07, 6.45) is 0. The molecule has 3 heterocycles. The fourth-order valence-electron chi connectivity index (χ4n) is 7.56. The van der Waals surface area contributed by atoms with E-state index in [1.807, 2.05) is 18.2 Å². The highest BCUT2D eigenvalue weighted by Gasteiger charge is 2.37. The third kappa shape index (κ3) is 3.78. The van der Waals surface area contributed by atoms with Gasteiger partial charge in [0, 0.05) is 47.5 Å². The first-order valence-electron chi connectivity index (χ1n) is 15.9. The largest absolute Gasteiger partial charge is 0.455 e. The molecule has 0 atom stereocenters. The molecule has 0 aliphatic heterocycles.